The molecule has 0 atom stereocenters. The molecular formula is C14H11ClFN5O. The number of nitrogens with two attached hydrogens (primary N) is 1. The molecule has 0 aliphatic rings. The third-order valence-corrected chi connectivity index (χ3v) is 3.35. The number of halogens is 2. The predicted molar refractivity (Wildman–Crippen MR) is 80.0 cm³/mol. The molecule has 0 bridgehead atoms. The Balaban J connectivity index is 1.81. The Morgan fingerprint density at radius 3 is 3.00 bits per heavy atom. The lowest BCUT2D eigenvalue weighted by molar-refractivity contribution is 0.0950. The van der Waals surface area contributed by atoms with Gasteiger partial charge in [-0.05, 0) is 24.3 Å². The minimum Gasteiger partial charge on any atom is -0.396 e. The number of benzene rings is 1. The fourth-order valence-corrected chi connectivity index (χ4v) is 2.24. The molecule has 0 spiro atoms. The van der Waals surface area contributed by atoms with Gasteiger partial charge in [0, 0.05) is 11.2 Å². The van der Waals surface area contributed by atoms with Crippen molar-refractivity contribution >= 4 is 28.8 Å². The summed E-state index contributed by atoms with van der Waals surface area (Å²) in [5.41, 5.74) is 5.97. The van der Waals surface area contributed by atoms with Crippen LogP contribution >= 0.6 is 11.6 Å². The maximum absolute atomic E-state index is 13.5. The van der Waals surface area contributed by atoms with Crippen LogP contribution in [0.1, 0.15) is 16.2 Å². The summed E-state index contributed by atoms with van der Waals surface area (Å²) in [4.78, 5) is 12.1. The van der Waals surface area contributed by atoms with Crippen LogP contribution in [0.3, 0.4) is 0 Å². The van der Waals surface area contributed by atoms with Crippen molar-refractivity contribution in [2.75, 3.05) is 5.73 Å². The molecule has 112 valence electrons. The second kappa shape index (κ2) is 5.61. The molecule has 0 unspecified atom stereocenters. The summed E-state index contributed by atoms with van der Waals surface area (Å²) >= 11 is 5.74. The first-order chi connectivity index (χ1) is 10.6. The molecule has 0 saturated heterocycles. The van der Waals surface area contributed by atoms with Crippen LogP contribution < -0.4 is 11.1 Å². The van der Waals surface area contributed by atoms with E-state index in [0.717, 1.165) is 6.07 Å². The van der Waals surface area contributed by atoms with Crippen molar-refractivity contribution in [1.29, 1.82) is 0 Å². The molecule has 1 aromatic carbocycles. The van der Waals surface area contributed by atoms with Gasteiger partial charge in [0.2, 0.25) is 0 Å². The van der Waals surface area contributed by atoms with Crippen molar-refractivity contribution in [1.82, 2.24) is 19.9 Å². The van der Waals surface area contributed by atoms with Gasteiger partial charge in [0.15, 0.2) is 11.5 Å². The molecule has 0 saturated carbocycles. The molecule has 0 radical (unpaired) electrons. The van der Waals surface area contributed by atoms with Gasteiger partial charge in [-0.1, -0.05) is 17.7 Å². The van der Waals surface area contributed by atoms with Crippen LogP contribution in [0.25, 0.3) is 5.65 Å². The smallest absolute Gasteiger partial charge is 0.253 e. The summed E-state index contributed by atoms with van der Waals surface area (Å²) in [6, 6.07) is 7.83. The molecule has 3 aromatic rings. The largest absolute Gasteiger partial charge is 0.396 e. The lowest BCUT2D eigenvalue weighted by Crippen LogP contribution is -2.25. The van der Waals surface area contributed by atoms with Gasteiger partial charge in [-0.25, -0.2) is 4.39 Å². The van der Waals surface area contributed by atoms with E-state index in [2.05, 4.69) is 15.5 Å². The van der Waals surface area contributed by atoms with Crippen LogP contribution in [-0.4, -0.2) is 20.5 Å². The Labute approximate surface area is 129 Å². The Morgan fingerprint density at radius 2 is 2.18 bits per heavy atom. The van der Waals surface area contributed by atoms with Crippen molar-refractivity contribution in [3.63, 3.8) is 0 Å². The molecule has 0 fully saturated rings. The van der Waals surface area contributed by atoms with E-state index in [4.69, 9.17) is 17.3 Å². The van der Waals surface area contributed by atoms with E-state index in [9.17, 15) is 9.18 Å². The number of carbonyl (C=O) groups is 1. The Hall–Kier alpha value is -2.67. The highest BCUT2D eigenvalue weighted by molar-refractivity contribution is 6.31. The second-order valence-electron chi connectivity index (χ2n) is 4.58. The number of carbonyl (C=O) groups excluding carboxylic acids is 1. The quantitative estimate of drug-likeness (QED) is 0.723. The Kier molecular flexibility index (Phi) is 3.64. The summed E-state index contributed by atoms with van der Waals surface area (Å²) in [6.07, 6.45) is 1.78. The van der Waals surface area contributed by atoms with Crippen LogP contribution in [-0.2, 0) is 6.54 Å². The van der Waals surface area contributed by atoms with E-state index in [1.807, 2.05) is 12.1 Å². The van der Waals surface area contributed by atoms with Crippen molar-refractivity contribution < 1.29 is 9.18 Å². The number of hydrogen-bond acceptors (Lipinski definition) is 4. The molecule has 0 aliphatic heterocycles. The maximum atomic E-state index is 13.5. The number of nitrogens with zero attached hydrogens (tertiary/aromatic N) is 3. The van der Waals surface area contributed by atoms with Crippen LogP contribution in [0.15, 0.2) is 36.5 Å². The molecule has 1 amide bonds. The molecule has 3 N–H and O–H groups in total. The fourth-order valence-electron chi connectivity index (χ4n) is 2.04. The minimum atomic E-state index is -0.731. The minimum absolute atomic E-state index is 0.0150. The predicted octanol–water partition coefficient (Wildman–Crippen LogP) is 2.03. The topological polar surface area (TPSA) is 85.3 Å². The van der Waals surface area contributed by atoms with Crippen molar-refractivity contribution in [2.24, 2.45) is 0 Å². The highest BCUT2D eigenvalue weighted by Gasteiger charge is 2.15. The summed E-state index contributed by atoms with van der Waals surface area (Å²) < 4.78 is 15.2. The second-order valence-corrected chi connectivity index (χ2v) is 5.01. The summed E-state index contributed by atoms with van der Waals surface area (Å²) in [7, 11) is 0. The number of aromatic nitrogens is 3. The molecule has 0 aliphatic carbocycles. The number of rotatable bonds is 3. The van der Waals surface area contributed by atoms with Gasteiger partial charge in [-0.2, -0.15) is 0 Å². The first-order valence-corrected chi connectivity index (χ1v) is 6.75. The van der Waals surface area contributed by atoms with Crippen molar-refractivity contribution in [3.8, 4) is 0 Å². The fraction of sp³-hybridized carbons (Fsp3) is 0.0714. The summed E-state index contributed by atoms with van der Waals surface area (Å²) in [5, 5.41) is 10.7. The SMILES string of the molecule is Nc1c(F)cc(Cl)cc1C(=O)NCc1nnc2ccccn12. The number of fused-ring (bicyclic) bond motifs is 1. The zero-order chi connectivity index (χ0) is 15.7. The first-order valence-electron chi connectivity index (χ1n) is 6.37. The van der Waals surface area contributed by atoms with Gasteiger partial charge >= 0.3 is 0 Å². The van der Waals surface area contributed by atoms with Crippen LogP contribution in [0.5, 0.6) is 0 Å². The zero-order valence-electron chi connectivity index (χ0n) is 11.3. The van der Waals surface area contributed by atoms with Gasteiger partial charge < -0.3 is 11.1 Å². The summed E-state index contributed by atoms with van der Waals surface area (Å²) in [5.74, 6) is -0.720. The number of pyridine rings is 1. The average molecular weight is 320 g/mol. The van der Waals surface area contributed by atoms with Crippen LogP contribution in [0.4, 0.5) is 10.1 Å². The lowest BCUT2D eigenvalue weighted by Gasteiger charge is -2.08. The standard InChI is InChI=1S/C14H11ClFN5O/c15-8-5-9(13(17)10(16)6-8)14(22)18-7-12-20-19-11-3-1-2-4-21(11)12/h1-6H,7,17H2,(H,18,22). The van der Waals surface area contributed by atoms with E-state index in [0.29, 0.717) is 11.5 Å². The van der Waals surface area contributed by atoms with E-state index in [1.165, 1.54) is 6.07 Å². The molecule has 3 rings (SSSR count). The van der Waals surface area contributed by atoms with Gasteiger partial charge in [-0.15, -0.1) is 10.2 Å². The molecule has 2 heterocycles. The number of nitrogen functional groups attached to an aromatic ring is 1. The summed E-state index contributed by atoms with van der Waals surface area (Å²) in [6.45, 7) is 0.123. The van der Waals surface area contributed by atoms with E-state index >= 15 is 0 Å². The van der Waals surface area contributed by atoms with Crippen molar-refractivity contribution in [3.05, 3.63) is 58.8 Å². The first kappa shape index (κ1) is 14.3. The molecule has 6 nitrogen and oxygen atoms in total. The number of hydrogen-bond donors (Lipinski definition) is 2. The van der Waals surface area contributed by atoms with Gasteiger partial charge in [0.1, 0.15) is 5.82 Å². The van der Waals surface area contributed by atoms with E-state index in [-0.39, 0.29) is 22.8 Å². The highest BCUT2D eigenvalue weighted by Crippen LogP contribution is 2.22. The maximum Gasteiger partial charge on any atom is 0.253 e. The molecule has 22 heavy (non-hydrogen) atoms. The van der Waals surface area contributed by atoms with Crippen molar-refractivity contribution in [2.45, 2.75) is 6.54 Å². The lowest BCUT2D eigenvalue weighted by atomic mass is 10.1. The molecule has 2 aromatic heterocycles. The highest BCUT2D eigenvalue weighted by atomic mass is 35.5. The van der Waals surface area contributed by atoms with Gasteiger partial charge in [-0.3, -0.25) is 9.20 Å². The van der Waals surface area contributed by atoms with E-state index < -0.39 is 11.7 Å². The Morgan fingerprint density at radius 1 is 1.36 bits per heavy atom. The average Bonchev–Trinajstić information content (AvgIpc) is 2.91. The third-order valence-electron chi connectivity index (χ3n) is 3.13. The number of anilines is 1. The zero-order valence-corrected chi connectivity index (χ0v) is 12.0. The number of nitrogens with one attached hydrogen (secondary N) is 1. The van der Waals surface area contributed by atoms with Gasteiger partial charge in [0.25, 0.3) is 5.91 Å². The molecular weight excluding hydrogens is 309 g/mol. The normalized spacial score (nSPS) is 10.8. The molecule has 8 heteroatoms. The Bertz CT molecular complexity index is 864. The number of amides is 1. The monoisotopic (exact) mass is 319 g/mol. The van der Waals surface area contributed by atoms with Crippen LogP contribution in [0, 0.1) is 5.82 Å². The third kappa shape index (κ3) is 2.58. The van der Waals surface area contributed by atoms with E-state index in [1.54, 1.807) is 16.7 Å². The van der Waals surface area contributed by atoms with Gasteiger partial charge in [0.05, 0.1) is 17.8 Å². The van der Waals surface area contributed by atoms with Crippen LogP contribution in [0.2, 0.25) is 5.02 Å².